The third-order valence-corrected chi connectivity index (χ3v) is 1.60. The zero-order valence-corrected chi connectivity index (χ0v) is 8.70. The van der Waals surface area contributed by atoms with Gasteiger partial charge in [-0.15, -0.1) is 0 Å². The smallest absolute Gasteiger partial charge is 0.0465 e. The molecule has 0 N–H and O–H groups in total. The third-order valence-electron chi connectivity index (χ3n) is 1.60. The SMILES string of the molecule is C/C=C\C=CC/C=C/CCCOC. The highest BCUT2D eigenvalue weighted by molar-refractivity contribution is 5.03. The first-order valence-electron chi connectivity index (χ1n) is 4.83. The van der Waals surface area contributed by atoms with Crippen molar-refractivity contribution in [3.05, 3.63) is 36.5 Å². The second-order valence-electron chi connectivity index (χ2n) is 2.80. The Balaban J connectivity index is 3.21. The van der Waals surface area contributed by atoms with Crippen molar-refractivity contribution >= 4 is 0 Å². The number of methoxy groups -OCH3 is 1. The van der Waals surface area contributed by atoms with Crippen LogP contribution in [0, 0.1) is 0 Å². The third kappa shape index (κ3) is 11.2. The molecule has 0 saturated carbocycles. The summed E-state index contributed by atoms with van der Waals surface area (Å²) in [6.45, 7) is 2.88. The summed E-state index contributed by atoms with van der Waals surface area (Å²) in [7, 11) is 1.74. The van der Waals surface area contributed by atoms with Gasteiger partial charge in [-0.25, -0.2) is 0 Å². The second-order valence-corrected chi connectivity index (χ2v) is 2.80. The average Bonchev–Trinajstić information content (AvgIpc) is 2.16. The van der Waals surface area contributed by atoms with E-state index in [9.17, 15) is 0 Å². The van der Waals surface area contributed by atoms with E-state index in [0.29, 0.717) is 0 Å². The normalized spacial score (nSPS) is 12.5. The Kier molecular flexibility index (Phi) is 10.5. The van der Waals surface area contributed by atoms with Crippen LogP contribution < -0.4 is 0 Å². The van der Waals surface area contributed by atoms with Crippen molar-refractivity contribution in [1.82, 2.24) is 0 Å². The van der Waals surface area contributed by atoms with Crippen LogP contribution in [0.1, 0.15) is 26.2 Å². The quantitative estimate of drug-likeness (QED) is 0.331. The van der Waals surface area contributed by atoms with Crippen LogP contribution in [0.4, 0.5) is 0 Å². The van der Waals surface area contributed by atoms with Crippen LogP contribution in [-0.2, 0) is 4.74 Å². The Labute approximate surface area is 81.8 Å². The molecule has 0 aliphatic carbocycles. The molecule has 0 heterocycles. The molecule has 0 radical (unpaired) electrons. The van der Waals surface area contributed by atoms with Gasteiger partial charge in [-0.3, -0.25) is 0 Å². The molecular formula is C12H20O. The largest absolute Gasteiger partial charge is 0.385 e. The van der Waals surface area contributed by atoms with Crippen molar-refractivity contribution in [3.63, 3.8) is 0 Å². The lowest BCUT2D eigenvalue weighted by atomic mass is 10.2. The molecule has 1 heteroatoms. The minimum Gasteiger partial charge on any atom is -0.385 e. The van der Waals surface area contributed by atoms with Crippen LogP contribution >= 0.6 is 0 Å². The van der Waals surface area contributed by atoms with Crippen molar-refractivity contribution < 1.29 is 4.74 Å². The lowest BCUT2D eigenvalue weighted by Crippen LogP contribution is -1.85. The summed E-state index contributed by atoms with van der Waals surface area (Å²) in [6.07, 6.45) is 15.9. The van der Waals surface area contributed by atoms with Crippen molar-refractivity contribution in [2.24, 2.45) is 0 Å². The summed E-state index contributed by atoms with van der Waals surface area (Å²) in [4.78, 5) is 0. The standard InChI is InChI=1S/C12H20O/c1-3-4-5-6-7-8-9-10-11-12-13-2/h3-6,8-9H,7,10-12H2,1-2H3/b4-3-,6-5?,9-8+. The molecule has 13 heavy (non-hydrogen) atoms. The first-order valence-corrected chi connectivity index (χ1v) is 4.83. The Morgan fingerprint density at radius 3 is 2.62 bits per heavy atom. The summed E-state index contributed by atoms with van der Waals surface area (Å²) in [5.41, 5.74) is 0. The predicted octanol–water partition coefficient (Wildman–Crippen LogP) is 3.49. The van der Waals surface area contributed by atoms with Gasteiger partial charge in [0.25, 0.3) is 0 Å². The van der Waals surface area contributed by atoms with Crippen molar-refractivity contribution in [2.75, 3.05) is 13.7 Å². The number of ether oxygens (including phenoxy) is 1. The molecule has 0 rings (SSSR count). The van der Waals surface area contributed by atoms with E-state index in [0.717, 1.165) is 25.9 Å². The summed E-state index contributed by atoms with van der Waals surface area (Å²) in [5, 5.41) is 0. The molecule has 0 aliphatic heterocycles. The van der Waals surface area contributed by atoms with Gasteiger partial charge in [0.2, 0.25) is 0 Å². The number of rotatable bonds is 7. The van der Waals surface area contributed by atoms with Crippen LogP contribution in [0.15, 0.2) is 36.5 Å². The summed E-state index contributed by atoms with van der Waals surface area (Å²) >= 11 is 0. The molecule has 0 bridgehead atoms. The van der Waals surface area contributed by atoms with Crippen LogP contribution in [0.25, 0.3) is 0 Å². The van der Waals surface area contributed by atoms with Crippen LogP contribution in [0.5, 0.6) is 0 Å². The van der Waals surface area contributed by atoms with E-state index in [1.165, 1.54) is 0 Å². The molecular weight excluding hydrogens is 160 g/mol. The maximum atomic E-state index is 4.94. The van der Waals surface area contributed by atoms with Crippen molar-refractivity contribution in [1.29, 1.82) is 0 Å². The maximum Gasteiger partial charge on any atom is 0.0465 e. The molecule has 0 aromatic rings. The van der Waals surface area contributed by atoms with Gasteiger partial charge in [-0.1, -0.05) is 36.5 Å². The number of unbranched alkanes of at least 4 members (excludes halogenated alkanes) is 1. The zero-order chi connectivity index (χ0) is 9.78. The molecule has 0 aromatic heterocycles. The molecule has 1 nitrogen and oxygen atoms in total. The lowest BCUT2D eigenvalue weighted by Gasteiger charge is -1.92. The number of hydrogen-bond donors (Lipinski definition) is 0. The van der Waals surface area contributed by atoms with Crippen LogP contribution in [-0.4, -0.2) is 13.7 Å². The van der Waals surface area contributed by atoms with Crippen molar-refractivity contribution in [3.8, 4) is 0 Å². The number of allylic oxidation sites excluding steroid dienone is 6. The van der Waals surface area contributed by atoms with Gasteiger partial charge >= 0.3 is 0 Å². The van der Waals surface area contributed by atoms with E-state index < -0.39 is 0 Å². The molecule has 0 amide bonds. The van der Waals surface area contributed by atoms with Gasteiger partial charge in [0.05, 0.1) is 0 Å². The van der Waals surface area contributed by atoms with E-state index in [-0.39, 0.29) is 0 Å². The molecule has 0 atom stereocenters. The van der Waals surface area contributed by atoms with Crippen molar-refractivity contribution in [2.45, 2.75) is 26.2 Å². The molecule has 0 fully saturated rings. The highest BCUT2D eigenvalue weighted by Gasteiger charge is 1.79. The molecule has 74 valence electrons. The fourth-order valence-corrected chi connectivity index (χ4v) is 0.906. The minimum atomic E-state index is 0.860. The van der Waals surface area contributed by atoms with E-state index in [1.54, 1.807) is 7.11 Å². The molecule has 0 saturated heterocycles. The summed E-state index contributed by atoms with van der Waals surface area (Å²) < 4.78 is 4.94. The summed E-state index contributed by atoms with van der Waals surface area (Å²) in [6, 6.07) is 0. The van der Waals surface area contributed by atoms with Gasteiger partial charge in [0.1, 0.15) is 0 Å². The Hall–Kier alpha value is -0.820. The van der Waals surface area contributed by atoms with Gasteiger partial charge in [0.15, 0.2) is 0 Å². The fraction of sp³-hybridized carbons (Fsp3) is 0.500. The predicted molar refractivity (Wildman–Crippen MR) is 58.8 cm³/mol. The van der Waals surface area contributed by atoms with Crippen LogP contribution in [0.2, 0.25) is 0 Å². The van der Waals surface area contributed by atoms with E-state index in [1.807, 2.05) is 19.1 Å². The van der Waals surface area contributed by atoms with Gasteiger partial charge in [0, 0.05) is 13.7 Å². The molecule has 0 spiro atoms. The minimum absolute atomic E-state index is 0.860. The maximum absolute atomic E-state index is 4.94. The zero-order valence-electron chi connectivity index (χ0n) is 8.70. The first-order chi connectivity index (χ1) is 6.41. The van der Waals surface area contributed by atoms with E-state index in [4.69, 9.17) is 4.74 Å². The highest BCUT2D eigenvalue weighted by Crippen LogP contribution is 1.94. The Bertz CT molecular complexity index is 166. The van der Waals surface area contributed by atoms with E-state index in [2.05, 4.69) is 24.3 Å². The Morgan fingerprint density at radius 1 is 1.08 bits per heavy atom. The molecule has 0 aliphatic rings. The second kappa shape index (κ2) is 11.2. The van der Waals surface area contributed by atoms with Gasteiger partial charge in [-0.05, 0) is 26.2 Å². The highest BCUT2D eigenvalue weighted by atomic mass is 16.5. The summed E-state index contributed by atoms with van der Waals surface area (Å²) in [5.74, 6) is 0. The van der Waals surface area contributed by atoms with Crippen LogP contribution in [0.3, 0.4) is 0 Å². The monoisotopic (exact) mass is 180 g/mol. The lowest BCUT2D eigenvalue weighted by molar-refractivity contribution is 0.196. The fourth-order valence-electron chi connectivity index (χ4n) is 0.906. The topological polar surface area (TPSA) is 9.23 Å². The first kappa shape index (κ1) is 12.2. The van der Waals surface area contributed by atoms with Gasteiger partial charge in [-0.2, -0.15) is 0 Å². The Morgan fingerprint density at radius 2 is 1.92 bits per heavy atom. The average molecular weight is 180 g/mol. The van der Waals surface area contributed by atoms with E-state index >= 15 is 0 Å². The number of hydrogen-bond acceptors (Lipinski definition) is 1. The molecule has 0 aromatic carbocycles. The molecule has 0 unspecified atom stereocenters. The van der Waals surface area contributed by atoms with Gasteiger partial charge < -0.3 is 4.74 Å².